The monoisotopic (exact) mass is 472 g/mol. The SMILES string of the molecule is CC(=O)Nc1ccc(-c2ccc(NC(=O)NC3(c4ccnc(C#N)n4)CCCCC3)cc2F)cc1. The molecule has 0 atom stereocenters. The second-order valence-corrected chi connectivity index (χ2v) is 8.55. The molecule has 0 unspecified atom stereocenters. The molecule has 1 fully saturated rings. The maximum atomic E-state index is 14.9. The molecule has 0 radical (unpaired) electrons. The van der Waals surface area contributed by atoms with Crippen molar-refractivity contribution in [3.8, 4) is 17.2 Å². The molecule has 0 aliphatic heterocycles. The van der Waals surface area contributed by atoms with E-state index in [1.165, 1.54) is 19.2 Å². The van der Waals surface area contributed by atoms with Gasteiger partial charge in [-0.05, 0) is 54.8 Å². The fourth-order valence-electron chi connectivity index (χ4n) is 4.42. The second-order valence-electron chi connectivity index (χ2n) is 8.55. The van der Waals surface area contributed by atoms with Crippen LogP contribution in [-0.2, 0) is 10.3 Å². The average Bonchev–Trinajstić information content (AvgIpc) is 2.85. The zero-order chi connectivity index (χ0) is 24.8. The quantitative estimate of drug-likeness (QED) is 0.478. The van der Waals surface area contributed by atoms with Gasteiger partial charge < -0.3 is 16.0 Å². The fourth-order valence-corrected chi connectivity index (χ4v) is 4.42. The van der Waals surface area contributed by atoms with E-state index in [-0.39, 0.29) is 11.7 Å². The lowest BCUT2D eigenvalue weighted by Gasteiger charge is -2.37. The summed E-state index contributed by atoms with van der Waals surface area (Å²) in [5.41, 5.74) is 1.84. The van der Waals surface area contributed by atoms with Crippen LogP contribution >= 0.6 is 0 Å². The normalized spacial score (nSPS) is 14.4. The molecule has 9 heteroatoms. The molecule has 1 aromatic heterocycles. The van der Waals surface area contributed by atoms with Gasteiger partial charge in [0.15, 0.2) is 0 Å². The number of aromatic nitrogens is 2. The fraction of sp³-hybridized carbons (Fsp3) is 0.269. The predicted octanol–water partition coefficient (Wildman–Crippen LogP) is 5.09. The smallest absolute Gasteiger partial charge is 0.319 e. The van der Waals surface area contributed by atoms with E-state index >= 15 is 0 Å². The molecule has 8 nitrogen and oxygen atoms in total. The minimum Gasteiger partial charge on any atom is -0.327 e. The lowest BCUT2D eigenvalue weighted by Crippen LogP contribution is -2.49. The summed E-state index contributed by atoms with van der Waals surface area (Å²) in [6.45, 7) is 1.42. The van der Waals surface area contributed by atoms with Crippen molar-refractivity contribution in [1.29, 1.82) is 5.26 Å². The summed E-state index contributed by atoms with van der Waals surface area (Å²) in [7, 11) is 0. The van der Waals surface area contributed by atoms with Gasteiger partial charge >= 0.3 is 6.03 Å². The maximum absolute atomic E-state index is 14.9. The van der Waals surface area contributed by atoms with Crippen LogP contribution in [0.1, 0.15) is 50.5 Å². The highest BCUT2D eigenvalue weighted by Gasteiger charge is 2.37. The van der Waals surface area contributed by atoms with Crippen LogP contribution < -0.4 is 16.0 Å². The van der Waals surface area contributed by atoms with Gasteiger partial charge in [-0.2, -0.15) is 5.26 Å². The summed E-state index contributed by atoms with van der Waals surface area (Å²) in [5, 5.41) is 17.6. The van der Waals surface area contributed by atoms with Crippen molar-refractivity contribution in [2.45, 2.75) is 44.6 Å². The molecule has 0 spiro atoms. The number of halogens is 1. The molecule has 1 aliphatic rings. The van der Waals surface area contributed by atoms with Gasteiger partial charge in [0.25, 0.3) is 0 Å². The number of nitrogens with one attached hydrogen (secondary N) is 3. The van der Waals surface area contributed by atoms with E-state index < -0.39 is 17.4 Å². The number of anilines is 2. The number of urea groups is 1. The second kappa shape index (κ2) is 10.3. The van der Waals surface area contributed by atoms with Crippen LogP contribution in [0.5, 0.6) is 0 Å². The molecule has 1 heterocycles. The number of hydrogen-bond acceptors (Lipinski definition) is 5. The molecule has 0 bridgehead atoms. The minimum atomic E-state index is -0.717. The molecule has 1 aliphatic carbocycles. The van der Waals surface area contributed by atoms with Crippen LogP contribution in [0.2, 0.25) is 0 Å². The van der Waals surface area contributed by atoms with Gasteiger partial charge in [-0.15, -0.1) is 0 Å². The lowest BCUT2D eigenvalue weighted by atomic mass is 9.79. The van der Waals surface area contributed by atoms with E-state index in [9.17, 15) is 19.2 Å². The van der Waals surface area contributed by atoms with E-state index in [1.807, 2.05) is 6.07 Å². The van der Waals surface area contributed by atoms with E-state index in [0.29, 0.717) is 41.0 Å². The molecule has 178 valence electrons. The van der Waals surface area contributed by atoms with Gasteiger partial charge in [0.05, 0.1) is 11.2 Å². The van der Waals surface area contributed by atoms with Crippen LogP contribution in [0.15, 0.2) is 54.7 Å². The van der Waals surface area contributed by atoms with Crippen molar-refractivity contribution in [1.82, 2.24) is 15.3 Å². The maximum Gasteiger partial charge on any atom is 0.319 e. The summed E-state index contributed by atoms with van der Waals surface area (Å²) >= 11 is 0. The van der Waals surface area contributed by atoms with Crippen LogP contribution in [0.4, 0.5) is 20.6 Å². The third kappa shape index (κ3) is 5.61. The van der Waals surface area contributed by atoms with Crippen molar-refractivity contribution < 1.29 is 14.0 Å². The van der Waals surface area contributed by atoms with Crippen LogP contribution in [0.25, 0.3) is 11.1 Å². The Bertz CT molecular complexity index is 1280. The summed E-state index contributed by atoms with van der Waals surface area (Å²) in [5.74, 6) is -0.618. The van der Waals surface area contributed by atoms with Gasteiger partial charge in [-0.3, -0.25) is 4.79 Å². The van der Waals surface area contributed by atoms with Crippen molar-refractivity contribution in [2.75, 3.05) is 10.6 Å². The Balaban J connectivity index is 1.49. The first-order valence-electron chi connectivity index (χ1n) is 11.4. The molecular formula is C26H25FN6O2. The average molecular weight is 473 g/mol. The summed E-state index contributed by atoms with van der Waals surface area (Å²) in [6, 6.07) is 14.5. The highest BCUT2D eigenvalue weighted by Crippen LogP contribution is 2.36. The van der Waals surface area contributed by atoms with Gasteiger partial charge in [0, 0.05) is 30.1 Å². The largest absolute Gasteiger partial charge is 0.327 e. The summed E-state index contributed by atoms with van der Waals surface area (Å²) in [6.07, 6.45) is 5.77. The number of benzene rings is 2. The van der Waals surface area contributed by atoms with E-state index in [1.54, 1.807) is 42.5 Å². The van der Waals surface area contributed by atoms with Crippen molar-refractivity contribution in [2.24, 2.45) is 0 Å². The number of nitriles is 1. The zero-order valence-electron chi connectivity index (χ0n) is 19.3. The molecular weight excluding hydrogens is 447 g/mol. The number of carbonyl (C=O) groups excluding carboxylic acids is 2. The van der Waals surface area contributed by atoms with Crippen molar-refractivity contribution >= 4 is 23.3 Å². The first kappa shape index (κ1) is 23.8. The number of hydrogen-bond donors (Lipinski definition) is 3. The molecule has 1 saturated carbocycles. The van der Waals surface area contributed by atoms with Gasteiger partial charge in [-0.1, -0.05) is 31.4 Å². The van der Waals surface area contributed by atoms with Crippen molar-refractivity contribution in [3.63, 3.8) is 0 Å². The number of amides is 3. The van der Waals surface area contributed by atoms with Crippen LogP contribution in [0, 0.1) is 17.1 Å². The van der Waals surface area contributed by atoms with Gasteiger partial charge in [-0.25, -0.2) is 19.2 Å². The summed E-state index contributed by atoms with van der Waals surface area (Å²) in [4.78, 5) is 32.4. The zero-order valence-corrected chi connectivity index (χ0v) is 19.3. The Morgan fingerprint density at radius 1 is 1.00 bits per heavy atom. The molecule has 4 rings (SSSR count). The Morgan fingerprint density at radius 3 is 2.37 bits per heavy atom. The molecule has 35 heavy (non-hydrogen) atoms. The number of nitrogens with zero attached hydrogens (tertiary/aromatic N) is 3. The van der Waals surface area contributed by atoms with Gasteiger partial charge in [0.1, 0.15) is 11.9 Å². The topological polar surface area (TPSA) is 120 Å². The summed E-state index contributed by atoms with van der Waals surface area (Å²) < 4.78 is 14.9. The highest BCUT2D eigenvalue weighted by atomic mass is 19.1. The first-order valence-corrected chi connectivity index (χ1v) is 11.4. The third-order valence-electron chi connectivity index (χ3n) is 6.05. The standard InChI is InChI=1S/C26H25FN6O2/c1-17(34)30-19-7-5-18(6-8-19)21-10-9-20(15-22(21)27)31-25(35)33-26(12-3-2-4-13-26)23-11-14-29-24(16-28)32-23/h5-11,14-15H,2-4,12-13H2,1H3,(H,30,34)(H2,31,33,35). The molecule has 3 N–H and O–H groups in total. The van der Waals surface area contributed by atoms with Crippen molar-refractivity contribution in [3.05, 3.63) is 72.1 Å². The van der Waals surface area contributed by atoms with E-state index in [2.05, 4.69) is 25.9 Å². The van der Waals surface area contributed by atoms with Gasteiger partial charge in [0.2, 0.25) is 11.7 Å². The molecule has 3 amide bonds. The Kier molecular flexibility index (Phi) is 7.01. The van der Waals surface area contributed by atoms with Crippen LogP contribution in [0.3, 0.4) is 0 Å². The number of rotatable bonds is 5. The third-order valence-corrected chi connectivity index (χ3v) is 6.05. The molecule has 3 aromatic rings. The Morgan fingerprint density at radius 2 is 1.71 bits per heavy atom. The Hall–Kier alpha value is -4.32. The predicted molar refractivity (Wildman–Crippen MR) is 130 cm³/mol. The molecule has 2 aromatic carbocycles. The first-order chi connectivity index (χ1) is 16.9. The number of carbonyl (C=O) groups is 2. The van der Waals surface area contributed by atoms with Crippen LogP contribution in [-0.4, -0.2) is 21.9 Å². The highest BCUT2D eigenvalue weighted by molar-refractivity contribution is 5.90. The minimum absolute atomic E-state index is 0.0532. The van der Waals surface area contributed by atoms with E-state index in [0.717, 1.165) is 19.3 Å². The van der Waals surface area contributed by atoms with E-state index in [4.69, 9.17) is 0 Å². The Labute approximate surface area is 202 Å². The molecule has 0 saturated heterocycles. The lowest BCUT2D eigenvalue weighted by molar-refractivity contribution is -0.114.